The number of carbonyl (C=O) groups excluding carboxylic acids is 1. The lowest BCUT2D eigenvalue weighted by molar-refractivity contribution is 0.0599. The summed E-state index contributed by atoms with van der Waals surface area (Å²) in [4.78, 5) is 16.4. The second-order valence-electron chi connectivity index (χ2n) is 6.82. The lowest BCUT2D eigenvalue weighted by atomic mass is 10.0. The van der Waals surface area contributed by atoms with Gasteiger partial charge in [0.2, 0.25) is 10.0 Å². The molecule has 3 aromatic rings. The number of nitrogens with one attached hydrogen (secondary N) is 1. The van der Waals surface area contributed by atoms with Gasteiger partial charge >= 0.3 is 5.97 Å². The molecule has 0 aliphatic carbocycles. The van der Waals surface area contributed by atoms with Crippen LogP contribution >= 0.6 is 22.9 Å². The number of thiazole rings is 1. The summed E-state index contributed by atoms with van der Waals surface area (Å²) in [6.07, 6.45) is 0.360. The van der Waals surface area contributed by atoms with E-state index in [0.717, 1.165) is 0 Å². The first-order valence-electron chi connectivity index (χ1n) is 9.21. The fraction of sp³-hybridized carbons (Fsp3) is 0.238. The second-order valence-corrected chi connectivity index (χ2v) is 9.86. The number of halogens is 2. The van der Waals surface area contributed by atoms with E-state index in [9.17, 15) is 17.6 Å². The standard InChI is InChI=1S/C21H20ClFN2O4S2/c1-12-8-16(10-17(13(12)2)21(26)29-3)31(27,28)24-7-6-15-11-30-20(25-15)14-4-5-19(23)18(22)9-14/h4-5,8-11,24H,6-7H2,1-3H3. The van der Waals surface area contributed by atoms with Crippen LogP contribution in [0, 0.1) is 19.7 Å². The van der Waals surface area contributed by atoms with Crippen molar-refractivity contribution in [1.29, 1.82) is 0 Å². The molecule has 31 heavy (non-hydrogen) atoms. The van der Waals surface area contributed by atoms with Gasteiger partial charge in [0.25, 0.3) is 0 Å². The third-order valence-corrected chi connectivity index (χ3v) is 7.42. The third kappa shape index (κ3) is 5.30. The van der Waals surface area contributed by atoms with Gasteiger partial charge in [-0.05, 0) is 55.3 Å². The molecule has 2 aromatic carbocycles. The molecule has 1 aromatic heterocycles. The first-order valence-corrected chi connectivity index (χ1v) is 12.0. The number of carbonyl (C=O) groups is 1. The van der Waals surface area contributed by atoms with Crippen LogP contribution in [-0.4, -0.2) is 33.0 Å². The van der Waals surface area contributed by atoms with Crippen molar-refractivity contribution >= 4 is 38.9 Å². The minimum absolute atomic E-state index is 0.00378. The predicted octanol–water partition coefficient (Wildman–Crippen LogP) is 4.53. The summed E-state index contributed by atoms with van der Waals surface area (Å²) in [6, 6.07) is 7.20. The fourth-order valence-corrected chi connectivity index (χ4v) is 5.06. The molecule has 0 saturated carbocycles. The Hall–Kier alpha value is -2.33. The van der Waals surface area contributed by atoms with Crippen molar-refractivity contribution in [2.24, 2.45) is 0 Å². The first-order chi connectivity index (χ1) is 14.6. The van der Waals surface area contributed by atoms with Crippen LogP contribution < -0.4 is 4.72 Å². The molecule has 1 heterocycles. The molecule has 0 saturated heterocycles. The molecule has 0 spiro atoms. The van der Waals surface area contributed by atoms with Crippen LogP contribution in [0.15, 0.2) is 40.6 Å². The van der Waals surface area contributed by atoms with E-state index in [2.05, 4.69) is 9.71 Å². The minimum Gasteiger partial charge on any atom is -0.465 e. The van der Waals surface area contributed by atoms with Gasteiger partial charge in [-0.1, -0.05) is 11.6 Å². The van der Waals surface area contributed by atoms with Gasteiger partial charge in [-0.15, -0.1) is 11.3 Å². The number of methoxy groups -OCH3 is 1. The molecule has 164 valence electrons. The summed E-state index contributed by atoms with van der Waals surface area (Å²) in [5.74, 6) is -1.09. The molecule has 0 unspecified atom stereocenters. The van der Waals surface area contributed by atoms with Crippen LogP contribution in [0.3, 0.4) is 0 Å². The molecule has 6 nitrogen and oxygen atoms in total. The van der Waals surface area contributed by atoms with Crippen molar-refractivity contribution in [3.63, 3.8) is 0 Å². The van der Waals surface area contributed by atoms with Crippen molar-refractivity contribution in [2.45, 2.75) is 25.2 Å². The van der Waals surface area contributed by atoms with E-state index in [0.29, 0.717) is 33.8 Å². The van der Waals surface area contributed by atoms with Crippen molar-refractivity contribution in [2.75, 3.05) is 13.7 Å². The Bertz CT molecular complexity index is 1240. The van der Waals surface area contributed by atoms with Crippen molar-refractivity contribution in [3.8, 4) is 10.6 Å². The van der Waals surface area contributed by atoms with E-state index in [-0.39, 0.29) is 22.0 Å². The van der Waals surface area contributed by atoms with Crippen LogP contribution in [0.2, 0.25) is 5.02 Å². The van der Waals surface area contributed by atoms with Crippen LogP contribution in [0.5, 0.6) is 0 Å². The van der Waals surface area contributed by atoms with E-state index >= 15 is 0 Å². The van der Waals surface area contributed by atoms with Gasteiger partial charge in [-0.25, -0.2) is 27.3 Å². The Morgan fingerprint density at radius 2 is 2.00 bits per heavy atom. The molecule has 0 amide bonds. The zero-order valence-electron chi connectivity index (χ0n) is 17.0. The average Bonchev–Trinajstić information content (AvgIpc) is 3.20. The summed E-state index contributed by atoms with van der Waals surface area (Å²) in [5.41, 5.74) is 2.93. The largest absolute Gasteiger partial charge is 0.465 e. The summed E-state index contributed by atoms with van der Waals surface area (Å²) in [6.45, 7) is 3.59. The highest BCUT2D eigenvalue weighted by Gasteiger charge is 2.20. The normalized spacial score (nSPS) is 11.5. The molecule has 0 aliphatic rings. The number of benzene rings is 2. The Kier molecular flexibility index (Phi) is 7.10. The highest BCUT2D eigenvalue weighted by atomic mass is 35.5. The Morgan fingerprint density at radius 1 is 1.26 bits per heavy atom. The number of hydrogen-bond acceptors (Lipinski definition) is 6. The SMILES string of the molecule is COC(=O)c1cc(S(=O)(=O)NCCc2csc(-c3ccc(F)c(Cl)c3)n2)cc(C)c1C. The van der Waals surface area contributed by atoms with Crippen molar-refractivity contribution in [1.82, 2.24) is 9.71 Å². The predicted molar refractivity (Wildman–Crippen MR) is 119 cm³/mol. The summed E-state index contributed by atoms with van der Waals surface area (Å²) in [7, 11) is -2.58. The maximum atomic E-state index is 13.3. The Labute approximate surface area is 189 Å². The Balaban J connectivity index is 1.71. The number of ether oxygens (including phenoxy) is 1. The maximum Gasteiger partial charge on any atom is 0.338 e. The quantitative estimate of drug-likeness (QED) is 0.500. The molecular weight excluding hydrogens is 463 g/mol. The molecular formula is C21H20ClFN2O4S2. The molecule has 0 radical (unpaired) electrons. The molecule has 0 fully saturated rings. The minimum atomic E-state index is -3.83. The molecule has 10 heteroatoms. The first kappa shape index (κ1) is 23.3. The van der Waals surface area contributed by atoms with Gasteiger partial charge in [0.05, 0.1) is 28.3 Å². The van der Waals surface area contributed by atoms with E-state index in [4.69, 9.17) is 16.3 Å². The lowest BCUT2D eigenvalue weighted by Gasteiger charge is -2.12. The van der Waals surface area contributed by atoms with Gasteiger partial charge in [-0.3, -0.25) is 0 Å². The van der Waals surface area contributed by atoms with Crippen LogP contribution in [0.1, 0.15) is 27.2 Å². The highest BCUT2D eigenvalue weighted by Crippen LogP contribution is 2.28. The highest BCUT2D eigenvalue weighted by molar-refractivity contribution is 7.89. The maximum absolute atomic E-state index is 13.3. The number of esters is 1. The number of aromatic nitrogens is 1. The van der Waals surface area contributed by atoms with Crippen LogP contribution in [0.4, 0.5) is 4.39 Å². The number of rotatable bonds is 7. The number of aryl methyl sites for hydroxylation is 1. The van der Waals surface area contributed by atoms with Gasteiger partial charge in [0.1, 0.15) is 10.8 Å². The van der Waals surface area contributed by atoms with Gasteiger partial charge in [-0.2, -0.15) is 0 Å². The molecule has 1 N–H and O–H groups in total. The molecule has 3 rings (SSSR count). The third-order valence-electron chi connectivity index (χ3n) is 4.75. The molecule has 0 bridgehead atoms. The summed E-state index contributed by atoms with van der Waals surface area (Å²) >= 11 is 7.18. The molecule has 0 atom stereocenters. The van der Waals surface area contributed by atoms with Gasteiger partial charge < -0.3 is 4.74 Å². The number of nitrogens with zero attached hydrogens (tertiary/aromatic N) is 1. The smallest absolute Gasteiger partial charge is 0.338 e. The lowest BCUT2D eigenvalue weighted by Crippen LogP contribution is -2.26. The van der Waals surface area contributed by atoms with Crippen molar-refractivity contribution in [3.05, 3.63) is 68.9 Å². The zero-order valence-corrected chi connectivity index (χ0v) is 19.4. The van der Waals surface area contributed by atoms with E-state index in [1.165, 1.54) is 42.7 Å². The summed E-state index contributed by atoms with van der Waals surface area (Å²) < 4.78 is 46.0. The average molecular weight is 483 g/mol. The Morgan fingerprint density at radius 3 is 2.68 bits per heavy atom. The zero-order chi connectivity index (χ0) is 22.8. The topological polar surface area (TPSA) is 85.4 Å². The van der Waals surface area contributed by atoms with Gasteiger partial charge in [0, 0.05) is 23.9 Å². The van der Waals surface area contributed by atoms with Crippen LogP contribution in [-0.2, 0) is 21.2 Å². The fourth-order valence-electron chi connectivity index (χ4n) is 2.88. The van der Waals surface area contributed by atoms with E-state index < -0.39 is 21.8 Å². The summed E-state index contributed by atoms with van der Waals surface area (Å²) in [5, 5.41) is 2.49. The monoisotopic (exact) mass is 482 g/mol. The van der Waals surface area contributed by atoms with E-state index in [1.807, 2.05) is 5.38 Å². The molecule has 0 aliphatic heterocycles. The van der Waals surface area contributed by atoms with Crippen molar-refractivity contribution < 1.29 is 22.3 Å². The van der Waals surface area contributed by atoms with Gasteiger partial charge in [0.15, 0.2) is 0 Å². The number of hydrogen-bond donors (Lipinski definition) is 1. The second kappa shape index (κ2) is 9.44. The van der Waals surface area contributed by atoms with Crippen LogP contribution in [0.25, 0.3) is 10.6 Å². The number of sulfonamides is 1. The van der Waals surface area contributed by atoms with E-state index in [1.54, 1.807) is 19.9 Å².